The van der Waals surface area contributed by atoms with Crippen LogP contribution in [-0.4, -0.2) is 42.1 Å². The van der Waals surface area contributed by atoms with Crippen LogP contribution in [0, 0.1) is 5.92 Å². The van der Waals surface area contributed by atoms with Gasteiger partial charge >= 0.3 is 5.97 Å². The van der Waals surface area contributed by atoms with Crippen LogP contribution in [0.2, 0.25) is 0 Å². The minimum Gasteiger partial charge on any atom is -0.468 e. The van der Waals surface area contributed by atoms with Crippen LogP contribution in [0.1, 0.15) is 31.0 Å². The number of benzene rings is 1. The number of carbonyl (C=O) groups excluding carboxylic acids is 1. The smallest absolute Gasteiger partial charge is 0.319 e. The standard InChI is InChI=1S/C21H24N2O2/c1-3-14-10-13-11-21(20(24)25-2)18-16(8-9-23(12-13)19(14)21)15-6-4-5-7-17(15)22-18/h4-7,10,13,19,22H,3,8-9,11-12H2,1-2H3/t13-,19-,21-/m1/s1. The quantitative estimate of drug-likeness (QED) is 0.677. The van der Waals surface area contributed by atoms with E-state index in [-0.39, 0.29) is 12.0 Å². The van der Waals surface area contributed by atoms with Crippen LogP contribution in [0.25, 0.3) is 10.9 Å². The van der Waals surface area contributed by atoms with E-state index in [2.05, 4.69) is 47.1 Å². The monoisotopic (exact) mass is 336 g/mol. The molecule has 4 heteroatoms. The van der Waals surface area contributed by atoms with E-state index in [9.17, 15) is 4.79 Å². The molecule has 1 N–H and O–H groups in total. The maximum absolute atomic E-state index is 13.2. The summed E-state index contributed by atoms with van der Waals surface area (Å²) >= 11 is 0. The number of esters is 1. The summed E-state index contributed by atoms with van der Waals surface area (Å²) < 4.78 is 5.41. The van der Waals surface area contributed by atoms with Gasteiger partial charge in [0.1, 0.15) is 5.41 Å². The second-order valence-electron chi connectivity index (χ2n) is 7.69. The molecule has 1 aliphatic carbocycles. The van der Waals surface area contributed by atoms with Gasteiger partial charge in [-0.3, -0.25) is 9.69 Å². The molecule has 1 aromatic carbocycles. The molecule has 0 amide bonds. The Morgan fingerprint density at radius 2 is 2.24 bits per heavy atom. The number of rotatable bonds is 2. The number of hydrogen-bond acceptors (Lipinski definition) is 3. The fourth-order valence-corrected chi connectivity index (χ4v) is 5.71. The van der Waals surface area contributed by atoms with Crippen LogP contribution < -0.4 is 0 Å². The maximum atomic E-state index is 13.2. The summed E-state index contributed by atoms with van der Waals surface area (Å²) in [5.74, 6) is 0.345. The van der Waals surface area contributed by atoms with Crippen molar-refractivity contribution in [3.05, 3.63) is 47.2 Å². The van der Waals surface area contributed by atoms with E-state index in [1.165, 1.54) is 23.6 Å². The van der Waals surface area contributed by atoms with E-state index in [0.29, 0.717) is 5.92 Å². The number of piperidine rings is 1. The van der Waals surface area contributed by atoms with E-state index in [4.69, 9.17) is 4.74 Å². The third kappa shape index (κ3) is 1.83. The van der Waals surface area contributed by atoms with E-state index in [1.54, 1.807) is 0 Å². The molecule has 1 saturated heterocycles. The van der Waals surface area contributed by atoms with Crippen molar-refractivity contribution in [3.8, 4) is 0 Å². The first-order valence-corrected chi connectivity index (χ1v) is 9.32. The average molecular weight is 336 g/mol. The van der Waals surface area contributed by atoms with E-state index in [1.807, 2.05) is 0 Å². The maximum Gasteiger partial charge on any atom is 0.319 e. The summed E-state index contributed by atoms with van der Waals surface area (Å²) in [7, 11) is 1.53. The minimum absolute atomic E-state index is 0.0824. The van der Waals surface area contributed by atoms with Gasteiger partial charge in [0.15, 0.2) is 0 Å². The third-order valence-corrected chi connectivity index (χ3v) is 6.55. The number of H-pyrrole nitrogens is 1. The van der Waals surface area contributed by atoms with Crippen molar-refractivity contribution in [2.75, 3.05) is 20.2 Å². The number of nitrogens with zero attached hydrogens (tertiary/aromatic N) is 1. The summed E-state index contributed by atoms with van der Waals surface area (Å²) in [6, 6.07) is 8.56. The highest BCUT2D eigenvalue weighted by molar-refractivity contribution is 5.92. The zero-order valence-electron chi connectivity index (χ0n) is 14.8. The van der Waals surface area contributed by atoms with Gasteiger partial charge < -0.3 is 9.72 Å². The van der Waals surface area contributed by atoms with Crippen molar-refractivity contribution >= 4 is 16.9 Å². The summed E-state index contributed by atoms with van der Waals surface area (Å²) in [6.45, 7) is 4.28. The van der Waals surface area contributed by atoms with Crippen molar-refractivity contribution in [2.45, 2.75) is 37.6 Å². The molecule has 130 valence electrons. The minimum atomic E-state index is -0.595. The molecule has 0 radical (unpaired) electrons. The van der Waals surface area contributed by atoms with Gasteiger partial charge in [0, 0.05) is 29.7 Å². The molecule has 4 aliphatic rings. The number of aromatic nitrogens is 1. The Bertz CT molecular complexity index is 896. The predicted octanol–water partition coefficient (Wildman–Crippen LogP) is 3.18. The molecular formula is C21H24N2O2. The number of methoxy groups -OCH3 is 1. The van der Waals surface area contributed by atoms with Gasteiger partial charge in [0.25, 0.3) is 0 Å². The molecule has 3 aliphatic heterocycles. The van der Waals surface area contributed by atoms with Gasteiger partial charge in [-0.1, -0.05) is 36.8 Å². The SMILES string of the molecule is CCC1=C[C@H]2CN3CCc4c([nH]c5ccccc45)[C@](C(=O)OC)(C2)[C@@H]13. The first-order valence-electron chi connectivity index (χ1n) is 9.32. The van der Waals surface area contributed by atoms with Gasteiger partial charge in [-0.25, -0.2) is 0 Å². The molecule has 6 rings (SSSR count). The summed E-state index contributed by atoms with van der Waals surface area (Å²) in [5.41, 5.74) is 4.36. The Kier molecular flexibility index (Phi) is 3.17. The summed E-state index contributed by atoms with van der Waals surface area (Å²) in [6.07, 6.45) is 5.25. The van der Waals surface area contributed by atoms with E-state index in [0.717, 1.165) is 43.6 Å². The first-order chi connectivity index (χ1) is 12.2. The van der Waals surface area contributed by atoms with Crippen LogP contribution in [0.15, 0.2) is 35.9 Å². The predicted molar refractivity (Wildman–Crippen MR) is 97.5 cm³/mol. The Labute approximate surface area is 147 Å². The normalized spacial score (nSPS) is 32.9. The lowest BCUT2D eigenvalue weighted by molar-refractivity contribution is -0.153. The zero-order valence-corrected chi connectivity index (χ0v) is 14.8. The molecule has 1 fully saturated rings. The van der Waals surface area contributed by atoms with E-state index < -0.39 is 5.41 Å². The Morgan fingerprint density at radius 1 is 1.40 bits per heavy atom. The number of aromatic amines is 1. The summed E-state index contributed by atoms with van der Waals surface area (Å²) in [4.78, 5) is 19.4. The zero-order chi connectivity index (χ0) is 17.2. The number of carbonyl (C=O) groups is 1. The number of nitrogens with one attached hydrogen (secondary N) is 1. The van der Waals surface area contributed by atoms with Crippen LogP contribution >= 0.6 is 0 Å². The molecule has 25 heavy (non-hydrogen) atoms. The highest BCUT2D eigenvalue weighted by atomic mass is 16.5. The largest absolute Gasteiger partial charge is 0.468 e. The average Bonchev–Trinajstić information content (AvgIpc) is 3.00. The molecule has 4 atom stereocenters. The van der Waals surface area contributed by atoms with Crippen LogP contribution in [0.4, 0.5) is 0 Å². The van der Waals surface area contributed by atoms with Crippen molar-refractivity contribution in [1.82, 2.24) is 9.88 Å². The van der Waals surface area contributed by atoms with Crippen molar-refractivity contribution in [3.63, 3.8) is 0 Å². The topological polar surface area (TPSA) is 45.3 Å². The molecule has 4 heterocycles. The van der Waals surface area contributed by atoms with E-state index >= 15 is 0 Å². The van der Waals surface area contributed by atoms with Gasteiger partial charge in [-0.2, -0.15) is 0 Å². The Hall–Kier alpha value is -2.07. The van der Waals surface area contributed by atoms with Crippen LogP contribution in [-0.2, 0) is 21.4 Å². The molecule has 2 aromatic rings. The first kappa shape index (κ1) is 15.2. The second-order valence-corrected chi connectivity index (χ2v) is 7.69. The van der Waals surface area contributed by atoms with Gasteiger partial charge in [-0.15, -0.1) is 0 Å². The van der Waals surface area contributed by atoms with Gasteiger partial charge in [0.2, 0.25) is 0 Å². The van der Waals surface area contributed by atoms with Crippen molar-refractivity contribution in [1.29, 1.82) is 0 Å². The number of ether oxygens (including phenoxy) is 1. The van der Waals surface area contributed by atoms with Crippen molar-refractivity contribution in [2.24, 2.45) is 5.92 Å². The molecule has 0 spiro atoms. The lowest BCUT2D eigenvalue weighted by Gasteiger charge is -2.53. The third-order valence-electron chi connectivity index (χ3n) is 6.55. The van der Waals surface area contributed by atoms with Gasteiger partial charge in [-0.05, 0) is 36.8 Å². The van der Waals surface area contributed by atoms with Crippen LogP contribution in [0.3, 0.4) is 0 Å². The molecular weight excluding hydrogens is 312 g/mol. The fraction of sp³-hybridized carbons (Fsp3) is 0.476. The van der Waals surface area contributed by atoms with Crippen molar-refractivity contribution < 1.29 is 9.53 Å². The van der Waals surface area contributed by atoms with Crippen LogP contribution in [0.5, 0.6) is 0 Å². The molecule has 4 bridgehead atoms. The summed E-state index contributed by atoms with van der Waals surface area (Å²) in [5, 5.41) is 1.26. The molecule has 1 aromatic heterocycles. The lowest BCUT2D eigenvalue weighted by Crippen LogP contribution is -2.63. The number of fused-ring (bicyclic) bond motifs is 3. The molecule has 4 nitrogen and oxygen atoms in total. The Balaban J connectivity index is 1.83. The number of para-hydroxylation sites is 1. The molecule has 1 unspecified atom stereocenters. The van der Waals surface area contributed by atoms with Gasteiger partial charge in [0.05, 0.1) is 13.2 Å². The fourth-order valence-electron chi connectivity index (χ4n) is 5.71. The second kappa shape index (κ2) is 5.21. The molecule has 0 saturated carbocycles. The highest BCUT2D eigenvalue weighted by Crippen LogP contribution is 2.52. The highest BCUT2D eigenvalue weighted by Gasteiger charge is 2.60. The Morgan fingerprint density at radius 3 is 3.04 bits per heavy atom. The lowest BCUT2D eigenvalue weighted by atomic mass is 9.60. The number of hydrogen-bond donors (Lipinski definition) is 1.